The van der Waals surface area contributed by atoms with Crippen molar-refractivity contribution in [2.24, 2.45) is 5.92 Å². The van der Waals surface area contributed by atoms with E-state index in [-0.39, 0.29) is 5.04 Å². The van der Waals surface area contributed by atoms with Crippen LogP contribution in [0.2, 0.25) is 5.04 Å². The van der Waals surface area contributed by atoms with Crippen LogP contribution in [0.3, 0.4) is 0 Å². The molecule has 3 aromatic carbocycles. The minimum atomic E-state index is -2.46. The first-order chi connectivity index (χ1) is 15.9. The topological polar surface area (TPSA) is 27.7 Å². The summed E-state index contributed by atoms with van der Waals surface area (Å²) in [5.41, 5.74) is 1.16. The summed E-state index contributed by atoms with van der Waals surface area (Å²) >= 11 is 0. The highest BCUT2D eigenvalue weighted by molar-refractivity contribution is 6.99. The molecular formula is C29H38O3Si. The second-order valence-electron chi connectivity index (χ2n) is 9.77. The van der Waals surface area contributed by atoms with E-state index in [1.807, 2.05) is 12.1 Å². The van der Waals surface area contributed by atoms with Crippen molar-refractivity contribution < 1.29 is 13.9 Å². The van der Waals surface area contributed by atoms with Crippen molar-refractivity contribution in [1.82, 2.24) is 0 Å². The smallest absolute Gasteiger partial charge is 0.261 e. The summed E-state index contributed by atoms with van der Waals surface area (Å²) in [5.74, 6) is 1.29. The van der Waals surface area contributed by atoms with Gasteiger partial charge in [0.05, 0.1) is 13.7 Å². The molecule has 0 unspecified atom stereocenters. The van der Waals surface area contributed by atoms with E-state index >= 15 is 0 Å². The van der Waals surface area contributed by atoms with Gasteiger partial charge in [-0.1, -0.05) is 100 Å². The van der Waals surface area contributed by atoms with E-state index < -0.39 is 8.32 Å². The standard InChI is InChI=1S/C29H38O3Si/c1-24(22-31-23-25-16-18-26(30-5)19-17-25)20-21-32-33(29(2,3)4,27-12-8-6-9-13-27)28-14-10-7-11-15-28/h6-19,24H,20-23H2,1-5H3/t24-/m1/s1. The first-order valence-electron chi connectivity index (χ1n) is 11.8. The Hall–Kier alpha value is -2.40. The summed E-state index contributed by atoms with van der Waals surface area (Å²) < 4.78 is 18.2. The SMILES string of the molecule is COc1ccc(COC[C@H](C)CCO[Si](c2ccccc2)(c2ccccc2)C(C)(C)C)cc1. The molecule has 0 aliphatic heterocycles. The molecule has 0 bridgehead atoms. The van der Waals surface area contributed by atoms with E-state index in [2.05, 4.69) is 100 Å². The molecule has 0 aliphatic rings. The lowest BCUT2D eigenvalue weighted by Gasteiger charge is -2.43. The molecule has 1 atom stereocenters. The van der Waals surface area contributed by atoms with E-state index in [1.54, 1.807) is 7.11 Å². The van der Waals surface area contributed by atoms with E-state index in [0.29, 0.717) is 12.5 Å². The minimum absolute atomic E-state index is 0.00378. The van der Waals surface area contributed by atoms with Crippen LogP contribution in [-0.2, 0) is 15.8 Å². The lowest BCUT2D eigenvalue weighted by molar-refractivity contribution is 0.0837. The van der Waals surface area contributed by atoms with Crippen molar-refractivity contribution in [3.8, 4) is 5.75 Å². The molecule has 3 nitrogen and oxygen atoms in total. The van der Waals surface area contributed by atoms with Crippen LogP contribution in [0.1, 0.15) is 39.7 Å². The fourth-order valence-corrected chi connectivity index (χ4v) is 8.94. The summed E-state index contributed by atoms with van der Waals surface area (Å²) in [4.78, 5) is 0. The van der Waals surface area contributed by atoms with Gasteiger partial charge in [0, 0.05) is 13.2 Å². The van der Waals surface area contributed by atoms with Crippen LogP contribution in [0.4, 0.5) is 0 Å². The minimum Gasteiger partial charge on any atom is -0.497 e. The first-order valence-corrected chi connectivity index (χ1v) is 13.7. The summed E-state index contributed by atoms with van der Waals surface area (Å²) in [7, 11) is -0.779. The molecule has 0 saturated heterocycles. The maximum absolute atomic E-state index is 7.00. The fourth-order valence-electron chi connectivity index (χ4n) is 4.36. The quantitative estimate of drug-likeness (QED) is 0.336. The molecule has 0 N–H and O–H groups in total. The van der Waals surface area contributed by atoms with Crippen LogP contribution >= 0.6 is 0 Å². The fraction of sp³-hybridized carbons (Fsp3) is 0.379. The number of ether oxygens (including phenoxy) is 2. The predicted octanol–water partition coefficient (Wildman–Crippen LogP) is 5.81. The van der Waals surface area contributed by atoms with E-state index in [9.17, 15) is 0 Å². The Kier molecular flexibility index (Phi) is 8.90. The number of methoxy groups -OCH3 is 1. The summed E-state index contributed by atoms with van der Waals surface area (Å²) in [5, 5.41) is 2.66. The molecular weight excluding hydrogens is 424 g/mol. The van der Waals surface area contributed by atoms with Gasteiger partial charge in [0.15, 0.2) is 0 Å². The molecule has 4 heteroatoms. The number of hydrogen-bond acceptors (Lipinski definition) is 3. The van der Waals surface area contributed by atoms with Gasteiger partial charge < -0.3 is 13.9 Å². The highest BCUT2D eigenvalue weighted by Gasteiger charge is 2.49. The average Bonchev–Trinajstić information content (AvgIpc) is 2.82. The van der Waals surface area contributed by atoms with Crippen molar-refractivity contribution in [2.45, 2.75) is 45.8 Å². The first kappa shape index (κ1) is 25.2. The van der Waals surface area contributed by atoms with Crippen molar-refractivity contribution in [3.63, 3.8) is 0 Å². The van der Waals surface area contributed by atoms with Crippen LogP contribution < -0.4 is 15.1 Å². The Bertz CT molecular complexity index is 910. The van der Waals surface area contributed by atoms with Crippen molar-refractivity contribution in [1.29, 1.82) is 0 Å². The molecule has 0 fully saturated rings. The molecule has 176 valence electrons. The van der Waals surface area contributed by atoms with Crippen LogP contribution in [-0.4, -0.2) is 28.6 Å². The molecule has 33 heavy (non-hydrogen) atoms. The normalized spacial score (nSPS) is 13.0. The van der Waals surface area contributed by atoms with Crippen LogP contribution in [0, 0.1) is 5.92 Å². The highest BCUT2D eigenvalue weighted by atomic mass is 28.4. The number of hydrogen-bond donors (Lipinski definition) is 0. The Morgan fingerprint density at radius 1 is 0.788 bits per heavy atom. The van der Waals surface area contributed by atoms with Crippen molar-refractivity contribution >= 4 is 18.7 Å². The molecule has 0 radical (unpaired) electrons. The summed E-state index contributed by atoms with van der Waals surface area (Å²) in [6, 6.07) is 29.7. The third kappa shape index (κ3) is 6.35. The number of benzene rings is 3. The lowest BCUT2D eigenvalue weighted by Crippen LogP contribution is -2.66. The molecule has 0 aliphatic carbocycles. The largest absolute Gasteiger partial charge is 0.497 e. The van der Waals surface area contributed by atoms with Gasteiger partial charge in [0.1, 0.15) is 5.75 Å². The Balaban J connectivity index is 1.65. The molecule has 0 amide bonds. The van der Waals surface area contributed by atoms with Gasteiger partial charge >= 0.3 is 0 Å². The second kappa shape index (κ2) is 11.6. The lowest BCUT2D eigenvalue weighted by atomic mass is 10.1. The van der Waals surface area contributed by atoms with E-state index in [4.69, 9.17) is 13.9 Å². The highest BCUT2D eigenvalue weighted by Crippen LogP contribution is 2.36. The van der Waals surface area contributed by atoms with Gasteiger partial charge in [-0.25, -0.2) is 0 Å². The summed E-state index contributed by atoms with van der Waals surface area (Å²) in [6.07, 6.45) is 0.965. The molecule has 3 aromatic rings. The van der Waals surface area contributed by atoms with E-state index in [0.717, 1.165) is 30.9 Å². The number of rotatable bonds is 11. The predicted molar refractivity (Wildman–Crippen MR) is 140 cm³/mol. The molecule has 0 aromatic heterocycles. The molecule has 3 rings (SSSR count). The van der Waals surface area contributed by atoms with Crippen LogP contribution in [0.5, 0.6) is 5.75 Å². The van der Waals surface area contributed by atoms with E-state index in [1.165, 1.54) is 10.4 Å². The van der Waals surface area contributed by atoms with Gasteiger partial charge in [0.25, 0.3) is 8.32 Å². The summed E-state index contributed by atoms with van der Waals surface area (Å²) in [6.45, 7) is 11.3. The van der Waals surface area contributed by atoms with Gasteiger partial charge in [0.2, 0.25) is 0 Å². The average molecular weight is 463 g/mol. The zero-order valence-corrected chi connectivity index (χ0v) is 21.7. The third-order valence-corrected chi connectivity index (χ3v) is 11.2. The maximum atomic E-state index is 7.00. The van der Waals surface area contributed by atoms with Crippen molar-refractivity contribution in [2.75, 3.05) is 20.3 Å². The zero-order valence-electron chi connectivity index (χ0n) is 20.7. The Morgan fingerprint density at radius 3 is 1.82 bits per heavy atom. The maximum Gasteiger partial charge on any atom is 0.261 e. The van der Waals surface area contributed by atoms with Gasteiger partial charge in [-0.2, -0.15) is 0 Å². The van der Waals surface area contributed by atoms with Gasteiger partial charge in [-0.15, -0.1) is 0 Å². The zero-order chi connectivity index (χ0) is 23.7. The van der Waals surface area contributed by atoms with Gasteiger partial charge in [-0.05, 0) is 45.4 Å². The molecule has 0 heterocycles. The molecule has 0 saturated carbocycles. The van der Waals surface area contributed by atoms with Gasteiger partial charge in [-0.3, -0.25) is 0 Å². The third-order valence-electron chi connectivity index (χ3n) is 6.18. The second-order valence-corrected chi connectivity index (χ2v) is 14.1. The molecule has 0 spiro atoms. The monoisotopic (exact) mass is 462 g/mol. The Labute approximate surface area is 200 Å². The Morgan fingerprint density at radius 2 is 1.33 bits per heavy atom. The van der Waals surface area contributed by atoms with Crippen LogP contribution in [0.25, 0.3) is 0 Å². The van der Waals surface area contributed by atoms with Crippen LogP contribution in [0.15, 0.2) is 84.9 Å². The van der Waals surface area contributed by atoms with Crippen molar-refractivity contribution in [3.05, 3.63) is 90.5 Å².